The molecule has 16 heavy (non-hydrogen) atoms. The molecule has 0 amide bonds. The molecule has 1 heterocycles. The minimum Gasteiger partial charge on any atom is -0.469 e. The fraction of sp³-hybridized carbons (Fsp3) is 0.250. The van der Waals surface area contributed by atoms with E-state index in [0.717, 1.165) is 16.7 Å². The molecule has 0 aliphatic carbocycles. The molecule has 0 unspecified atom stereocenters. The van der Waals surface area contributed by atoms with Crippen molar-refractivity contribution in [1.29, 1.82) is 0 Å². The number of rotatable bonds is 4. The Labute approximate surface area is 93.2 Å². The van der Waals surface area contributed by atoms with Gasteiger partial charge in [-0.25, -0.2) is 0 Å². The van der Waals surface area contributed by atoms with Crippen molar-refractivity contribution >= 4 is 22.6 Å². The van der Waals surface area contributed by atoms with Gasteiger partial charge in [-0.1, -0.05) is 12.1 Å². The predicted molar refractivity (Wildman–Crippen MR) is 61.3 cm³/mol. The van der Waals surface area contributed by atoms with Gasteiger partial charge < -0.3 is 14.5 Å². The molecular weight excluding hydrogens is 206 g/mol. The molecule has 1 aromatic heterocycles. The number of ether oxygens (including phenoxy) is 1. The Kier molecular flexibility index (Phi) is 3.10. The number of para-hydroxylation sites is 1. The quantitative estimate of drug-likeness (QED) is 0.802. The number of furan rings is 1. The second-order valence-electron chi connectivity index (χ2n) is 3.40. The van der Waals surface area contributed by atoms with E-state index >= 15 is 0 Å². The molecule has 0 aliphatic rings. The fourth-order valence-electron chi connectivity index (χ4n) is 1.52. The summed E-state index contributed by atoms with van der Waals surface area (Å²) in [5.74, 6) is -0.222. The largest absolute Gasteiger partial charge is 0.469 e. The highest BCUT2D eigenvalue weighted by atomic mass is 16.5. The first-order valence-electron chi connectivity index (χ1n) is 5.08. The van der Waals surface area contributed by atoms with Crippen LogP contribution in [-0.4, -0.2) is 19.6 Å². The second kappa shape index (κ2) is 4.70. The molecule has 1 N–H and O–H groups in total. The predicted octanol–water partition coefficient (Wildman–Crippen LogP) is 2.41. The molecule has 0 spiro atoms. The number of hydrogen-bond acceptors (Lipinski definition) is 4. The van der Waals surface area contributed by atoms with Crippen molar-refractivity contribution in [3.8, 4) is 0 Å². The number of anilines is 1. The Morgan fingerprint density at radius 1 is 1.44 bits per heavy atom. The van der Waals surface area contributed by atoms with Gasteiger partial charge in [-0.3, -0.25) is 4.79 Å². The Balaban J connectivity index is 2.02. The van der Waals surface area contributed by atoms with Crippen LogP contribution in [0.25, 0.3) is 11.0 Å². The maximum Gasteiger partial charge on any atom is 0.307 e. The van der Waals surface area contributed by atoms with Crippen LogP contribution in [0.4, 0.5) is 5.69 Å². The highest BCUT2D eigenvalue weighted by Crippen LogP contribution is 2.24. The molecule has 4 heteroatoms. The number of carbonyl (C=O) groups is 1. The van der Waals surface area contributed by atoms with Crippen molar-refractivity contribution < 1.29 is 13.9 Å². The molecule has 0 saturated heterocycles. The molecule has 84 valence electrons. The molecule has 0 saturated carbocycles. The molecular formula is C12H13NO3. The Hall–Kier alpha value is -1.97. The van der Waals surface area contributed by atoms with Crippen LogP contribution >= 0.6 is 0 Å². The van der Waals surface area contributed by atoms with Gasteiger partial charge >= 0.3 is 5.97 Å². The van der Waals surface area contributed by atoms with Gasteiger partial charge in [0.25, 0.3) is 0 Å². The van der Waals surface area contributed by atoms with Crippen molar-refractivity contribution in [3.05, 3.63) is 30.5 Å². The van der Waals surface area contributed by atoms with Gasteiger partial charge in [0.2, 0.25) is 0 Å². The third kappa shape index (κ3) is 2.16. The summed E-state index contributed by atoms with van der Waals surface area (Å²) in [5.41, 5.74) is 1.74. The molecule has 2 aromatic rings. The first-order valence-corrected chi connectivity index (χ1v) is 5.08. The standard InChI is InChI=1S/C12H13NO3/c1-15-12(14)6-7-13-10-8-16-11-5-3-2-4-9(10)11/h2-5,8,13H,6-7H2,1H3. The average Bonchev–Trinajstić information content (AvgIpc) is 2.73. The number of benzene rings is 1. The molecule has 0 aliphatic heterocycles. The maximum atomic E-state index is 10.9. The summed E-state index contributed by atoms with van der Waals surface area (Å²) in [6, 6.07) is 7.74. The topological polar surface area (TPSA) is 51.5 Å². The monoisotopic (exact) mass is 219 g/mol. The van der Waals surface area contributed by atoms with Crippen LogP contribution in [0.2, 0.25) is 0 Å². The van der Waals surface area contributed by atoms with E-state index in [1.807, 2.05) is 24.3 Å². The van der Waals surface area contributed by atoms with Crippen molar-refractivity contribution in [1.82, 2.24) is 0 Å². The van der Waals surface area contributed by atoms with Crippen molar-refractivity contribution in [2.45, 2.75) is 6.42 Å². The van der Waals surface area contributed by atoms with E-state index in [1.54, 1.807) is 6.26 Å². The van der Waals surface area contributed by atoms with Crippen molar-refractivity contribution in [2.75, 3.05) is 19.0 Å². The Morgan fingerprint density at radius 3 is 3.06 bits per heavy atom. The third-order valence-electron chi connectivity index (χ3n) is 2.35. The Morgan fingerprint density at radius 2 is 2.25 bits per heavy atom. The van der Waals surface area contributed by atoms with Crippen LogP contribution in [0.5, 0.6) is 0 Å². The highest BCUT2D eigenvalue weighted by molar-refractivity contribution is 5.90. The van der Waals surface area contributed by atoms with E-state index in [1.165, 1.54) is 7.11 Å². The molecule has 1 aromatic carbocycles. The number of hydrogen-bond donors (Lipinski definition) is 1. The van der Waals surface area contributed by atoms with Crippen LogP contribution in [0, 0.1) is 0 Å². The van der Waals surface area contributed by atoms with Crippen LogP contribution < -0.4 is 5.32 Å². The van der Waals surface area contributed by atoms with Crippen LogP contribution in [0.15, 0.2) is 34.9 Å². The second-order valence-corrected chi connectivity index (χ2v) is 3.40. The zero-order valence-electron chi connectivity index (χ0n) is 9.03. The Bertz CT molecular complexity index is 490. The number of nitrogens with one attached hydrogen (secondary N) is 1. The number of methoxy groups -OCH3 is 1. The zero-order chi connectivity index (χ0) is 11.4. The van der Waals surface area contributed by atoms with Gasteiger partial charge in [0, 0.05) is 11.9 Å². The summed E-state index contributed by atoms with van der Waals surface area (Å²) < 4.78 is 9.91. The first kappa shape index (κ1) is 10.5. The van der Waals surface area contributed by atoms with E-state index in [0.29, 0.717) is 13.0 Å². The lowest BCUT2D eigenvalue weighted by Crippen LogP contribution is -2.09. The van der Waals surface area contributed by atoms with Crippen LogP contribution in [0.1, 0.15) is 6.42 Å². The minimum absolute atomic E-state index is 0.222. The van der Waals surface area contributed by atoms with E-state index in [4.69, 9.17) is 4.42 Å². The molecule has 4 nitrogen and oxygen atoms in total. The molecule has 0 atom stereocenters. The lowest BCUT2D eigenvalue weighted by molar-refractivity contribution is -0.140. The average molecular weight is 219 g/mol. The SMILES string of the molecule is COC(=O)CCNc1coc2ccccc12. The normalized spacial score (nSPS) is 10.3. The fourth-order valence-corrected chi connectivity index (χ4v) is 1.52. The van der Waals surface area contributed by atoms with Crippen LogP contribution in [0.3, 0.4) is 0 Å². The third-order valence-corrected chi connectivity index (χ3v) is 2.35. The van der Waals surface area contributed by atoms with Crippen molar-refractivity contribution in [3.63, 3.8) is 0 Å². The lowest BCUT2D eigenvalue weighted by atomic mass is 10.2. The lowest BCUT2D eigenvalue weighted by Gasteiger charge is -2.02. The molecule has 0 bridgehead atoms. The van der Waals surface area contributed by atoms with E-state index in [9.17, 15) is 4.79 Å². The smallest absolute Gasteiger partial charge is 0.307 e. The molecule has 0 fully saturated rings. The van der Waals surface area contributed by atoms with E-state index in [-0.39, 0.29) is 5.97 Å². The maximum absolute atomic E-state index is 10.9. The van der Waals surface area contributed by atoms with Gasteiger partial charge in [0.1, 0.15) is 11.8 Å². The number of fused-ring (bicyclic) bond motifs is 1. The summed E-state index contributed by atoms with van der Waals surface area (Å²) >= 11 is 0. The van der Waals surface area contributed by atoms with Gasteiger partial charge in [-0.05, 0) is 12.1 Å². The van der Waals surface area contributed by atoms with E-state index in [2.05, 4.69) is 10.1 Å². The first-order chi connectivity index (χ1) is 7.81. The van der Waals surface area contributed by atoms with Gasteiger partial charge in [-0.15, -0.1) is 0 Å². The molecule has 2 rings (SSSR count). The molecule has 0 radical (unpaired) electrons. The highest BCUT2D eigenvalue weighted by Gasteiger charge is 2.05. The summed E-state index contributed by atoms with van der Waals surface area (Å²) in [5, 5.41) is 4.16. The van der Waals surface area contributed by atoms with Gasteiger partial charge in [-0.2, -0.15) is 0 Å². The van der Waals surface area contributed by atoms with E-state index < -0.39 is 0 Å². The van der Waals surface area contributed by atoms with Gasteiger partial charge in [0.15, 0.2) is 0 Å². The summed E-state index contributed by atoms with van der Waals surface area (Å²) in [7, 11) is 1.38. The zero-order valence-corrected chi connectivity index (χ0v) is 9.03. The summed E-state index contributed by atoms with van der Waals surface area (Å²) in [6.45, 7) is 0.538. The van der Waals surface area contributed by atoms with Gasteiger partial charge in [0.05, 0.1) is 19.2 Å². The van der Waals surface area contributed by atoms with Crippen LogP contribution in [-0.2, 0) is 9.53 Å². The number of carbonyl (C=O) groups excluding carboxylic acids is 1. The van der Waals surface area contributed by atoms with Crippen molar-refractivity contribution in [2.24, 2.45) is 0 Å². The summed E-state index contributed by atoms with van der Waals surface area (Å²) in [4.78, 5) is 10.9. The minimum atomic E-state index is -0.222. The number of esters is 1. The summed E-state index contributed by atoms with van der Waals surface area (Å²) in [6.07, 6.45) is 2.00.